The number of hydrogen-bond donors (Lipinski definition) is 2. The summed E-state index contributed by atoms with van der Waals surface area (Å²) in [5, 5.41) is 9.38. The fraction of sp³-hybridized carbons (Fsp3) is 0.231. The molecule has 1 aromatic rings. The molecule has 0 heterocycles. The number of rotatable bonds is 6. The molecule has 102 valence electrons. The topological polar surface area (TPSA) is 83.6 Å². The normalized spacial score (nSPS) is 11.7. The quantitative estimate of drug-likeness (QED) is 0.777. The van der Waals surface area contributed by atoms with Gasteiger partial charge >= 0.3 is 5.97 Å². The minimum atomic E-state index is -1.12. The Labute approximate surface area is 116 Å². The molecule has 1 amide bonds. The van der Waals surface area contributed by atoms with Crippen molar-refractivity contribution < 1.29 is 14.7 Å². The third kappa shape index (κ3) is 4.39. The third-order valence-corrected chi connectivity index (χ3v) is 2.69. The van der Waals surface area contributed by atoms with E-state index in [4.69, 9.17) is 22.4 Å². The molecule has 19 heavy (non-hydrogen) atoms. The molecule has 0 aliphatic heterocycles. The number of amides is 1. The molecule has 0 aromatic heterocycles. The van der Waals surface area contributed by atoms with Crippen LogP contribution in [-0.4, -0.2) is 29.6 Å². The fourth-order valence-corrected chi connectivity index (χ4v) is 1.66. The number of carboxylic acid groups (broad SMARTS) is 1. The average molecular weight is 283 g/mol. The van der Waals surface area contributed by atoms with Gasteiger partial charge in [-0.25, -0.2) is 0 Å². The van der Waals surface area contributed by atoms with Crippen LogP contribution in [0.4, 0.5) is 5.69 Å². The van der Waals surface area contributed by atoms with E-state index in [1.165, 1.54) is 6.08 Å². The SMILES string of the molecule is C=CCC(N)C(=O)N(CC(=O)O)c1ccc(Cl)cc1. The molecule has 0 fully saturated rings. The number of carbonyl (C=O) groups is 2. The number of halogens is 1. The summed E-state index contributed by atoms with van der Waals surface area (Å²) < 4.78 is 0. The number of aliphatic carboxylic acids is 1. The van der Waals surface area contributed by atoms with E-state index < -0.39 is 24.5 Å². The van der Waals surface area contributed by atoms with Gasteiger partial charge in [-0.15, -0.1) is 6.58 Å². The van der Waals surface area contributed by atoms with Gasteiger partial charge in [-0.3, -0.25) is 14.5 Å². The average Bonchev–Trinajstić information content (AvgIpc) is 2.36. The van der Waals surface area contributed by atoms with Crippen molar-refractivity contribution in [2.75, 3.05) is 11.4 Å². The van der Waals surface area contributed by atoms with Crippen molar-refractivity contribution in [3.8, 4) is 0 Å². The van der Waals surface area contributed by atoms with Gasteiger partial charge in [0.15, 0.2) is 0 Å². The number of anilines is 1. The number of benzene rings is 1. The molecule has 1 atom stereocenters. The first-order chi connectivity index (χ1) is 8.95. The van der Waals surface area contributed by atoms with Crippen LogP contribution in [0.25, 0.3) is 0 Å². The van der Waals surface area contributed by atoms with Crippen molar-refractivity contribution in [2.24, 2.45) is 5.73 Å². The summed E-state index contributed by atoms with van der Waals surface area (Å²) in [4.78, 5) is 24.1. The molecule has 5 nitrogen and oxygen atoms in total. The predicted molar refractivity (Wildman–Crippen MR) is 74.2 cm³/mol. The summed E-state index contributed by atoms with van der Waals surface area (Å²) in [6.45, 7) is 3.05. The van der Waals surface area contributed by atoms with E-state index in [1.54, 1.807) is 24.3 Å². The maximum atomic E-state index is 12.1. The first-order valence-corrected chi connectivity index (χ1v) is 5.98. The highest BCUT2D eigenvalue weighted by Gasteiger charge is 2.23. The van der Waals surface area contributed by atoms with Crippen molar-refractivity contribution in [3.63, 3.8) is 0 Å². The lowest BCUT2D eigenvalue weighted by molar-refractivity contribution is -0.136. The second-order valence-electron chi connectivity index (χ2n) is 3.93. The smallest absolute Gasteiger partial charge is 0.323 e. The molecule has 0 spiro atoms. The Kier molecular flexibility index (Phi) is 5.54. The van der Waals surface area contributed by atoms with E-state index in [0.29, 0.717) is 10.7 Å². The van der Waals surface area contributed by atoms with Crippen LogP contribution in [0.5, 0.6) is 0 Å². The molecule has 1 unspecified atom stereocenters. The van der Waals surface area contributed by atoms with Gasteiger partial charge in [0.1, 0.15) is 6.54 Å². The van der Waals surface area contributed by atoms with Crippen LogP contribution in [0.1, 0.15) is 6.42 Å². The molecule has 0 radical (unpaired) electrons. The van der Waals surface area contributed by atoms with Crippen LogP contribution < -0.4 is 10.6 Å². The zero-order valence-corrected chi connectivity index (χ0v) is 11.0. The van der Waals surface area contributed by atoms with Crippen molar-refractivity contribution in [2.45, 2.75) is 12.5 Å². The van der Waals surface area contributed by atoms with Crippen molar-refractivity contribution in [1.82, 2.24) is 0 Å². The summed E-state index contributed by atoms with van der Waals surface area (Å²) in [5.41, 5.74) is 6.13. The van der Waals surface area contributed by atoms with Gasteiger partial charge in [0.25, 0.3) is 0 Å². The summed E-state index contributed by atoms with van der Waals surface area (Å²) in [7, 11) is 0. The highest BCUT2D eigenvalue weighted by atomic mass is 35.5. The van der Waals surface area contributed by atoms with E-state index in [0.717, 1.165) is 4.90 Å². The van der Waals surface area contributed by atoms with Gasteiger partial charge in [0.05, 0.1) is 6.04 Å². The number of nitrogens with zero attached hydrogens (tertiary/aromatic N) is 1. The zero-order valence-electron chi connectivity index (χ0n) is 10.3. The van der Waals surface area contributed by atoms with Crippen molar-refractivity contribution in [3.05, 3.63) is 41.9 Å². The Bertz CT molecular complexity index is 473. The Hall–Kier alpha value is -1.85. The zero-order chi connectivity index (χ0) is 14.4. The monoisotopic (exact) mass is 282 g/mol. The molecule has 0 aliphatic carbocycles. The Balaban J connectivity index is 3.00. The molecule has 0 aliphatic rings. The number of nitrogens with two attached hydrogens (primary N) is 1. The highest BCUT2D eigenvalue weighted by molar-refractivity contribution is 6.30. The second-order valence-corrected chi connectivity index (χ2v) is 4.36. The van der Waals surface area contributed by atoms with E-state index in [-0.39, 0.29) is 6.42 Å². The van der Waals surface area contributed by atoms with Gasteiger partial charge in [-0.1, -0.05) is 17.7 Å². The number of carbonyl (C=O) groups excluding carboxylic acids is 1. The standard InChI is InChI=1S/C13H15ClN2O3/c1-2-3-11(15)13(19)16(8-12(17)18)10-6-4-9(14)5-7-10/h2,4-7,11H,1,3,8,15H2,(H,17,18). The molecule has 1 rings (SSSR count). The molecular weight excluding hydrogens is 268 g/mol. The van der Waals surface area contributed by atoms with Crippen LogP contribution in [-0.2, 0) is 9.59 Å². The maximum absolute atomic E-state index is 12.1. The van der Waals surface area contributed by atoms with Crippen molar-refractivity contribution >= 4 is 29.2 Å². The second kappa shape index (κ2) is 6.92. The maximum Gasteiger partial charge on any atom is 0.323 e. The highest BCUT2D eigenvalue weighted by Crippen LogP contribution is 2.19. The lowest BCUT2D eigenvalue weighted by atomic mass is 10.1. The van der Waals surface area contributed by atoms with Gasteiger partial charge in [-0.05, 0) is 30.7 Å². The lowest BCUT2D eigenvalue weighted by Gasteiger charge is -2.23. The molecule has 3 N–H and O–H groups in total. The van der Waals surface area contributed by atoms with E-state index >= 15 is 0 Å². The minimum Gasteiger partial charge on any atom is -0.480 e. The Morgan fingerprint density at radius 3 is 2.47 bits per heavy atom. The summed E-state index contributed by atoms with van der Waals surface area (Å²) >= 11 is 5.76. The summed E-state index contributed by atoms with van der Waals surface area (Å²) in [5.74, 6) is -1.58. The molecule has 1 aromatic carbocycles. The number of carboxylic acids is 1. The molecule has 0 bridgehead atoms. The first-order valence-electron chi connectivity index (χ1n) is 5.61. The molecule has 0 saturated heterocycles. The van der Waals surface area contributed by atoms with E-state index in [1.807, 2.05) is 0 Å². The third-order valence-electron chi connectivity index (χ3n) is 2.44. The molecular formula is C13H15ClN2O3. The van der Waals surface area contributed by atoms with Crippen LogP contribution in [0.2, 0.25) is 5.02 Å². The fourth-order valence-electron chi connectivity index (χ4n) is 1.53. The van der Waals surface area contributed by atoms with Crippen LogP contribution in [0, 0.1) is 0 Å². The van der Waals surface area contributed by atoms with Gasteiger partial charge in [0, 0.05) is 10.7 Å². The molecule has 6 heteroatoms. The van der Waals surface area contributed by atoms with E-state index in [2.05, 4.69) is 6.58 Å². The lowest BCUT2D eigenvalue weighted by Crippen LogP contribution is -2.46. The predicted octanol–water partition coefficient (Wildman–Crippen LogP) is 1.66. The van der Waals surface area contributed by atoms with Gasteiger partial charge < -0.3 is 10.8 Å². The number of hydrogen-bond acceptors (Lipinski definition) is 3. The first kappa shape index (κ1) is 15.2. The largest absolute Gasteiger partial charge is 0.480 e. The molecule has 0 saturated carbocycles. The van der Waals surface area contributed by atoms with Crippen LogP contribution in [0.3, 0.4) is 0 Å². The summed E-state index contributed by atoms with van der Waals surface area (Å²) in [6, 6.07) is 5.50. The summed E-state index contributed by atoms with van der Waals surface area (Å²) in [6.07, 6.45) is 1.80. The van der Waals surface area contributed by atoms with Crippen molar-refractivity contribution in [1.29, 1.82) is 0 Å². The van der Waals surface area contributed by atoms with Gasteiger partial charge in [0.2, 0.25) is 5.91 Å². The van der Waals surface area contributed by atoms with Crippen LogP contribution in [0.15, 0.2) is 36.9 Å². The van der Waals surface area contributed by atoms with Crippen LogP contribution >= 0.6 is 11.6 Å². The van der Waals surface area contributed by atoms with E-state index in [9.17, 15) is 9.59 Å². The Morgan fingerprint density at radius 1 is 1.42 bits per heavy atom. The van der Waals surface area contributed by atoms with Gasteiger partial charge in [-0.2, -0.15) is 0 Å². The minimum absolute atomic E-state index is 0.280. The Morgan fingerprint density at radius 2 is 2.00 bits per heavy atom.